The number of nitrogens with two attached hydrogens (primary N) is 1. The van der Waals surface area contributed by atoms with E-state index in [1.165, 1.54) is 19.1 Å². The summed E-state index contributed by atoms with van der Waals surface area (Å²) in [5.74, 6) is -1.08. The Morgan fingerprint density at radius 3 is 2.56 bits per heavy atom. The number of benzene rings is 1. The first-order chi connectivity index (χ1) is 16.8. The fraction of sp³-hybridized carbons (Fsp3) is 0.421. The fourth-order valence-corrected chi connectivity index (χ4v) is 6.59. The molecule has 1 aliphatic carbocycles. The van der Waals surface area contributed by atoms with Gasteiger partial charge in [0.1, 0.15) is 22.5 Å². The highest BCUT2D eigenvalue weighted by Crippen LogP contribution is 2.40. The first-order valence-electron chi connectivity index (χ1n) is 10.5. The molecule has 1 aromatic carbocycles. The molecule has 1 aromatic heterocycles. The molecule has 1 atom stereocenters. The average molecular weight is 550 g/mol. The van der Waals surface area contributed by atoms with Crippen LogP contribution >= 0.6 is 0 Å². The number of sulfonamides is 2. The summed E-state index contributed by atoms with van der Waals surface area (Å²) in [6.07, 6.45) is -1.30. The molecule has 2 aliphatic rings. The molecule has 36 heavy (non-hydrogen) atoms. The van der Waals surface area contributed by atoms with Gasteiger partial charge in [0.05, 0.1) is 35.8 Å². The van der Waals surface area contributed by atoms with Gasteiger partial charge in [-0.15, -0.1) is 0 Å². The summed E-state index contributed by atoms with van der Waals surface area (Å²) >= 11 is 0. The quantitative estimate of drug-likeness (QED) is 0.486. The number of alkyl halides is 2. The highest BCUT2D eigenvalue weighted by molar-refractivity contribution is 7.93. The van der Waals surface area contributed by atoms with Crippen LogP contribution in [0.3, 0.4) is 0 Å². The third-order valence-electron chi connectivity index (χ3n) is 5.35. The minimum absolute atomic E-state index is 0.0524. The molecule has 4 rings (SSSR count). The van der Waals surface area contributed by atoms with Gasteiger partial charge < -0.3 is 15.2 Å². The van der Waals surface area contributed by atoms with Gasteiger partial charge in [-0.1, -0.05) is 0 Å². The van der Waals surface area contributed by atoms with Crippen LogP contribution in [0.4, 0.5) is 19.3 Å². The fourth-order valence-electron chi connectivity index (χ4n) is 3.61. The van der Waals surface area contributed by atoms with E-state index < -0.39 is 67.8 Å². The van der Waals surface area contributed by atoms with Crippen molar-refractivity contribution in [1.29, 1.82) is 0 Å². The molecule has 0 spiro atoms. The number of ether oxygens (including phenoxy) is 2. The molecule has 3 N–H and O–H groups in total. The van der Waals surface area contributed by atoms with Crippen LogP contribution in [-0.4, -0.2) is 56.5 Å². The molecule has 1 saturated carbocycles. The Labute approximate surface area is 204 Å². The molecule has 0 saturated heterocycles. The van der Waals surface area contributed by atoms with Gasteiger partial charge in [-0.2, -0.15) is 13.9 Å². The van der Waals surface area contributed by atoms with Crippen molar-refractivity contribution in [2.24, 2.45) is 5.73 Å². The standard InChI is InChI=1S/C19H21F2N5O8S2/c1-10-16(9-25(23-10)18(20)21)36(31,32)26-8-12(7-17(27)24-35(29,30)13-3-4-13)33-15-5-2-11(6-14(15)26)34-19(22)28/h2,5-6,9,12-13,18H,3-4,7-8H2,1H3,(H2,22,28)(H,24,27). The number of aromatic nitrogens is 2. The molecular formula is C19H21F2N5O8S2. The molecule has 1 unspecified atom stereocenters. The number of aryl methyl sites for hydroxylation is 1. The summed E-state index contributed by atoms with van der Waals surface area (Å²) < 4.78 is 90.9. The smallest absolute Gasteiger partial charge is 0.409 e. The van der Waals surface area contributed by atoms with E-state index in [0.29, 0.717) is 19.0 Å². The molecule has 2 aromatic rings. The van der Waals surface area contributed by atoms with E-state index >= 15 is 0 Å². The van der Waals surface area contributed by atoms with Gasteiger partial charge in [-0.3, -0.25) is 13.8 Å². The number of fused-ring (bicyclic) bond motifs is 1. The van der Waals surface area contributed by atoms with Crippen molar-refractivity contribution in [1.82, 2.24) is 14.5 Å². The first kappa shape index (κ1) is 25.6. The summed E-state index contributed by atoms with van der Waals surface area (Å²) in [5, 5.41) is 2.88. The summed E-state index contributed by atoms with van der Waals surface area (Å²) in [5.41, 5.74) is 4.68. The molecule has 1 aliphatic heterocycles. The van der Waals surface area contributed by atoms with Gasteiger partial charge in [0.15, 0.2) is 0 Å². The minimum atomic E-state index is -4.56. The van der Waals surface area contributed by atoms with Crippen molar-refractivity contribution in [2.75, 3.05) is 10.8 Å². The maximum absolute atomic E-state index is 13.5. The Balaban J connectivity index is 1.69. The lowest BCUT2D eigenvalue weighted by atomic mass is 10.1. The number of anilines is 1. The highest BCUT2D eigenvalue weighted by atomic mass is 32.2. The van der Waals surface area contributed by atoms with Crippen molar-refractivity contribution in [2.45, 2.75) is 49.0 Å². The molecule has 2 amide bonds. The lowest BCUT2D eigenvalue weighted by Gasteiger charge is -2.35. The Morgan fingerprint density at radius 2 is 1.97 bits per heavy atom. The highest BCUT2D eigenvalue weighted by Gasteiger charge is 2.40. The monoisotopic (exact) mass is 549 g/mol. The number of primary amides is 1. The van der Waals surface area contributed by atoms with Gasteiger partial charge in [-0.25, -0.2) is 26.3 Å². The summed E-state index contributed by atoms with van der Waals surface area (Å²) in [4.78, 5) is 23.0. The Morgan fingerprint density at radius 1 is 1.28 bits per heavy atom. The lowest BCUT2D eigenvalue weighted by molar-refractivity contribution is -0.120. The second kappa shape index (κ2) is 9.20. The van der Waals surface area contributed by atoms with Crippen molar-refractivity contribution in [3.05, 3.63) is 30.1 Å². The van der Waals surface area contributed by atoms with Crippen LogP contribution in [0.5, 0.6) is 11.5 Å². The maximum Gasteiger partial charge on any atom is 0.409 e. The second-order valence-corrected chi connectivity index (χ2v) is 11.9. The zero-order chi connectivity index (χ0) is 26.4. The van der Waals surface area contributed by atoms with Crippen molar-refractivity contribution >= 4 is 37.7 Å². The summed E-state index contributed by atoms with van der Waals surface area (Å²) in [6.45, 7) is -2.36. The average Bonchev–Trinajstić information content (AvgIpc) is 3.55. The third-order valence-corrected chi connectivity index (χ3v) is 9.10. The molecule has 0 bridgehead atoms. The number of nitrogens with zero attached hydrogens (tertiary/aromatic N) is 3. The third kappa shape index (κ3) is 5.20. The lowest BCUT2D eigenvalue weighted by Crippen LogP contribution is -2.46. The number of halogens is 2. The number of carbonyl (C=O) groups excluding carboxylic acids is 2. The van der Waals surface area contributed by atoms with Crippen molar-refractivity contribution < 1.29 is 44.7 Å². The number of carbonyl (C=O) groups is 2. The zero-order valence-electron chi connectivity index (χ0n) is 18.6. The van der Waals surface area contributed by atoms with Crippen molar-refractivity contribution in [3.63, 3.8) is 0 Å². The van der Waals surface area contributed by atoms with E-state index in [1.807, 2.05) is 4.72 Å². The molecular weight excluding hydrogens is 528 g/mol. The van der Waals surface area contributed by atoms with Crippen LogP contribution in [0.2, 0.25) is 0 Å². The number of amides is 2. The molecule has 1 fully saturated rings. The van der Waals surface area contributed by atoms with Gasteiger partial charge in [0, 0.05) is 6.07 Å². The molecule has 13 nitrogen and oxygen atoms in total. The van der Waals surface area contributed by atoms with Gasteiger partial charge >= 0.3 is 12.6 Å². The second-order valence-electron chi connectivity index (χ2n) is 8.14. The van der Waals surface area contributed by atoms with E-state index in [2.05, 4.69) is 5.10 Å². The van der Waals surface area contributed by atoms with E-state index in [0.717, 1.165) is 10.4 Å². The Kier molecular flexibility index (Phi) is 6.54. The minimum Gasteiger partial charge on any atom is -0.486 e. The SMILES string of the molecule is Cc1nn(C(F)F)cc1S(=O)(=O)N1CC(CC(=O)NS(=O)(=O)C2CC2)Oc2ccc(OC(N)=O)cc21. The maximum atomic E-state index is 13.5. The van der Waals surface area contributed by atoms with E-state index in [4.69, 9.17) is 15.2 Å². The molecule has 196 valence electrons. The largest absolute Gasteiger partial charge is 0.486 e. The first-order valence-corrected chi connectivity index (χ1v) is 13.5. The topological polar surface area (TPSA) is 180 Å². The van der Waals surface area contributed by atoms with Crippen LogP contribution < -0.4 is 24.2 Å². The zero-order valence-corrected chi connectivity index (χ0v) is 20.3. The van der Waals surface area contributed by atoms with Crippen LogP contribution in [0.25, 0.3) is 0 Å². The van der Waals surface area contributed by atoms with Crippen LogP contribution in [0, 0.1) is 6.92 Å². The number of hydrogen-bond acceptors (Lipinski definition) is 9. The number of rotatable bonds is 8. The van der Waals surface area contributed by atoms with Crippen LogP contribution in [-0.2, 0) is 24.8 Å². The predicted octanol–water partition coefficient (Wildman–Crippen LogP) is 0.999. The summed E-state index contributed by atoms with van der Waals surface area (Å²) in [7, 11) is -8.40. The Hall–Kier alpha value is -3.47. The summed E-state index contributed by atoms with van der Waals surface area (Å²) in [6, 6.07) is 3.66. The van der Waals surface area contributed by atoms with Crippen LogP contribution in [0.15, 0.2) is 29.3 Å². The Bertz CT molecular complexity index is 1420. The van der Waals surface area contributed by atoms with Crippen molar-refractivity contribution in [3.8, 4) is 11.5 Å². The number of hydrogen-bond donors (Lipinski definition) is 2. The van der Waals surface area contributed by atoms with Gasteiger partial charge in [0.25, 0.3) is 10.0 Å². The van der Waals surface area contributed by atoms with E-state index in [9.17, 15) is 35.2 Å². The number of nitrogens with one attached hydrogen (secondary N) is 1. The van der Waals surface area contributed by atoms with Crippen LogP contribution in [0.1, 0.15) is 31.5 Å². The molecule has 0 radical (unpaired) electrons. The van der Waals surface area contributed by atoms with E-state index in [-0.39, 0.29) is 27.6 Å². The molecule has 17 heteroatoms. The van der Waals surface area contributed by atoms with E-state index in [1.54, 1.807) is 0 Å². The normalized spacial score (nSPS) is 17.9. The van der Waals surface area contributed by atoms with Gasteiger partial charge in [-0.05, 0) is 31.9 Å². The predicted molar refractivity (Wildman–Crippen MR) is 119 cm³/mol. The van der Waals surface area contributed by atoms with Gasteiger partial charge in [0.2, 0.25) is 15.9 Å². The molecule has 2 heterocycles.